The van der Waals surface area contributed by atoms with E-state index >= 15 is 0 Å². The number of hydrogen-bond acceptors (Lipinski definition) is 3. The normalized spacial score (nSPS) is 13.2. The number of halogens is 1. The summed E-state index contributed by atoms with van der Waals surface area (Å²) in [5.41, 5.74) is 11.0. The van der Waals surface area contributed by atoms with E-state index in [-0.39, 0.29) is 24.0 Å². The number of fused-ring (bicyclic) bond motifs is 1. The Bertz CT molecular complexity index is 775. The van der Waals surface area contributed by atoms with Gasteiger partial charge in [-0.2, -0.15) is 0 Å². The highest BCUT2D eigenvalue weighted by atomic mass is 127. The third-order valence-electron chi connectivity index (χ3n) is 4.74. The highest BCUT2D eigenvalue weighted by molar-refractivity contribution is 14.0. The minimum absolute atomic E-state index is 0. The molecule has 0 spiro atoms. The van der Waals surface area contributed by atoms with E-state index < -0.39 is 0 Å². The molecule has 3 N–H and O–H groups in total. The predicted octanol–water partition coefficient (Wildman–Crippen LogP) is 4.05. The molecule has 2 aromatic rings. The number of hydrogen-bond donors (Lipinski definition) is 2. The second kappa shape index (κ2) is 11.3. The molecule has 0 atom stereocenters. The molecule has 152 valence electrons. The van der Waals surface area contributed by atoms with Crippen LogP contribution in [0.25, 0.3) is 0 Å². The van der Waals surface area contributed by atoms with Gasteiger partial charge in [-0.15, -0.1) is 24.0 Å². The molecule has 3 rings (SSSR count). The first kappa shape index (κ1) is 22.5. The largest absolute Gasteiger partial charge is 0.494 e. The van der Waals surface area contributed by atoms with Crippen molar-refractivity contribution in [2.75, 3.05) is 32.6 Å². The first-order valence-electron chi connectivity index (χ1n) is 9.65. The first-order valence-corrected chi connectivity index (χ1v) is 9.65. The summed E-state index contributed by atoms with van der Waals surface area (Å²) < 4.78 is 5.75. The number of nitrogens with zero attached hydrogens (tertiary/aromatic N) is 2. The van der Waals surface area contributed by atoms with Crippen molar-refractivity contribution >= 4 is 35.6 Å². The average Bonchev–Trinajstić information content (AvgIpc) is 3.12. The molecule has 0 saturated heterocycles. The van der Waals surface area contributed by atoms with Crippen molar-refractivity contribution in [2.45, 2.75) is 32.2 Å². The fraction of sp³-hybridized carbons (Fsp3) is 0.409. The van der Waals surface area contributed by atoms with Crippen LogP contribution in [0, 0.1) is 0 Å². The van der Waals surface area contributed by atoms with E-state index in [4.69, 9.17) is 10.5 Å². The lowest BCUT2D eigenvalue weighted by molar-refractivity contribution is 0.281. The molecule has 0 bridgehead atoms. The van der Waals surface area contributed by atoms with Gasteiger partial charge in [-0.25, -0.2) is 4.99 Å². The number of rotatable bonds is 8. The number of anilines is 1. The van der Waals surface area contributed by atoms with Crippen molar-refractivity contribution in [3.63, 3.8) is 0 Å². The Morgan fingerprint density at radius 3 is 2.61 bits per heavy atom. The summed E-state index contributed by atoms with van der Waals surface area (Å²) in [6.45, 7) is 2.31. The number of aliphatic imine (C=N–C) groups is 1. The lowest BCUT2D eigenvalue weighted by atomic mass is 10.1. The van der Waals surface area contributed by atoms with Crippen molar-refractivity contribution in [3.05, 3.63) is 59.2 Å². The maximum atomic E-state index is 6.04. The van der Waals surface area contributed by atoms with E-state index in [1.165, 1.54) is 24.0 Å². The molecule has 1 aliphatic carbocycles. The van der Waals surface area contributed by atoms with Crippen LogP contribution in [0.15, 0.2) is 47.5 Å². The topological polar surface area (TPSA) is 62.9 Å². The van der Waals surface area contributed by atoms with Crippen LogP contribution in [0.5, 0.6) is 5.75 Å². The number of benzene rings is 2. The van der Waals surface area contributed by atoms with Crippen molar-refractivity contribution in [1.82, 2.24) is 4.90 Å². The minimum Gasteiger partial charge on any atom is -0.494 e. The van der Waals surface area contributed by atoms with Gasteiger partial charge in [0.15, 0.2) is 5.96 Å². The molecule has 0 saturated carbocycles. The van der Waals surface area contributed by atoms with E-state index in [2.05, 4.69) is 47.5 Å². The van der Waals surface area contributed by atoms with E-state index in [1.54, 1.807) is 0 Å². The summed E-state index contributed by atoms with van der Waals surface area (Å²) in [4.78, 5) is 6.60. The number of aryl methyl sites for hydroxylation is 2. The lowest BCUT2D eigenvalue weighted by Crippen LogP contribution is -2.22. The van der Waals surface area contributed by atoms with Gasteiger partial charge in [-0.05, 0) is 80.7 Å². The molecule has 6 heteroatoms. The predicted molar refractivity (Wildman–Crippen MR) is 128 cm³/mol. The van der Waals surface area contributed by atoms with Gasteiger partial charge in [0.2, 0.25) is 0 Å². The van der Waals surface area contributed by atoms with Crippen LogP contribution in [0.2, 0.25) is 0 Å². The van der Waals surface area contributed by atoms with Gasteiger partial charge in [0.1, 0.15) is 5.75 Å². The van der Waals surface area contributed by atoms with Crippen LogP contribution < -0.4 is 15.8 Å². The molecule has 0 aromatic heterocycles. The van der Waals surface area contributed by atoms with E-state index in [9.17, 15) is 0 Å². The van der Waals surface area contributed by atoms with Gasteiger partial charge in [-0.1, -0.05) is 18.2 Å². The zero-order valence-electron chi connectivity index (χ0n) is 16.8. The maximum Gasteiger partial charge on any atom is 0.193 e. The van der Waals surface area contributed by atoms with Crippen molar-refractivity contribution in [1.29, 1.82) is 0 Å². The van der Waals surface area contributed by atoms with Gasteiger partial charge in [0.25, 0.3) is 0 Å². The standard InChI is InChI=1S/C22H30N4O.HI/c1-26(2)13-4-14-27-21-11-7-17(8-12-21)16-24-22(23)25-20-10-9-18-5-3-6-19(18)15-20;/h7-12,15H,3-6,13-14,16H2,1-2H3,(H3,23,24,25);1H. The molecule has 2 aromatic carbocycles. The molecular formula is C22H31IN4O. The molecule has 1 aliphatic rings. The summed E-state index contributed by atoms with van der Waals surface area (Å²) in [6, 6.07) is 14.5. The van der Waals surface area contributed by atoms with E-state index in [0.717, 1.165) is 43.0 Å². The molecule has 0 aliphatic heterocycles. The summed E-state index contributed by atoms with van der Waals surface area (Å²) in [5.74, 6) is 1.34. The van der Waals surface area contributed by atoms with Gasteiger partial charge in [0, 0.05) is 12.2 Å². The van der Waals surface area contributed by atoms with Crippen molar-refractivity contribution < 1.29 is 4.74 Å². The zero-order valence-corrected chi connectivity index (χ0v) is 19.1. The fourth-order valence-electron chi connectivity index (χ4n) is 3.28. The second-order valence-electron chi connectivity index (χ2n) is 7.31. The van der Waals surface area contributed by atoms with Crippen LogP contribution in [0.1, 0.15) is 29.5 Å². The molecule has 0 fully saturated rings. The molecular weight excluding hydrogens is 463 g/mol. The van der Waals surface area contributed by atoms with Gasteiger partial charge in [0.05, 0.1) is 13.2 Å². The fourth-order valence-corrected chi connectivity index (χ4v) is 3.28. The lowest BCUT2D eigenvalue weighted by Gasteiger charge is -2.10. The second-order valence-corrected chi connectivity index (χ2v) is 7.31. The van der Waals surface area contributed by atoms with Crippen LogP contribution in [-0.4, -0.2) is 38.1 Å². The van der Waals surface area contributed by atoms with Crippen LogP contribution in [0.4, 0.5) is 5.69 Å². The Hall–Kier alpha value is -1.80. The minimum atomic E-state index is 0. The molecule has 5 nitrogen and oxygen atoms in total. The summed E-state index contributed by atoms with van der Waals surface area (Å²) in [7, 11) is 4.14. The number of nitrogens with one attached hydrogen (secondary N) is 1. The van der Waals surface area contributed by atoms with Crippen LogP contribution in [0.3, 0.4) is 0 Å². The zero-order chi connectivity index (χ0) is 19.1. The Labute approximate surface area is 185 Å². The Morgan fingerprint density at radius 1 is 1.11 bits per heavy atom. The Balaban J connectivity index is 0.00000280. The van der Waals surface area contributed by atoms with Crippen LogP contribution >= 0.6 is 24.0 Å². The molecule has 0 radical (unpaired) electrons. The SMILES string of the molecule is CN(C)CCCOc1ccc(CN=C(N)Nc2ccc3c(c2)CCC3)cc1.I. The molecule has 0 unspecified atom stereocenters. The summed E-state index contributed by atoms with van der Waals surface area (Å²) in [6.07, 6.45) is 4.61. The Kier molecular flexibility index (Phi) is 9.05. The van der Waals surface area contributed by atoms with Gasteiger partial charge in [-0.3, -0.25) is 0 Å². The van der Waals surface area contributed by atoms with Crippen molar-refractivity contribution in [2.24, 2.45) is 10.7 Å². The summed E-state index contributed by atoms with van der Waals surface area (Å²) in [5, 5.41) is 3.20. The number of guanidine groups is 1. The average molecular weight is 494 g/mol. The van der Waals surface area contributed by atoms with Gasteiger partial charge < -0.3 is 20.7 Å². The highest BCUT2D eigenvalue weighted by Gasteiger charge is 2.10. The molecule has 28 heavy (non-hydrogen) atoms. The summed E-state index contributed by atoms with van der Waals surface area (Å²) >= 11 is 0. The molecule has 0 amide bonds. The third-order valence-corrected chi connectivity index (χ3v) is 4.74. The highest BCUT2D eigenvalue weighted by Crippen LogP contribution is 2.24. The quantitative estimate of drug-likeness (QED) is 0.252. The Morgan fingerprint density at radius 2 is 1.86 bits per heavy atom. The van der Waals surface area contributed by atoms with E-state index in [1.807, 2.05) is 24.3 Å². The smallest absolute Gasteiger partial charge is 0.193 e. The van der Waals surface area contributed by atoms with Crippen molar-refractivity contribution in [3.8, 4) is 5.75 Å². The van der Waals surface area contributed by atoms with E-state index in [0.29, 0.717) is 12.5 Å². The maximum absolute atomic E-state index is 6.04. The third kappa shape index (κ3) is 6.98. The monoisotopic (exact) mass is 494 g/mol. The molecule has 0 heterocycles. The van der Waals surface area contributed by atoms with Gasteiger partial charge >= 0.3 is 0 Å². The number of ether oxygens (including phenoxy) is 1. The van der Waals surface area contributed by atoms with Crippen LogP contribution in [-0.2, 0) is 19.4 Å². The number of nitrogens with two attached hydrogens (primary N) is 1. The first-order chi connectivity index (χ1) is 13.1.